The van der Waals surface area contributed by atoms with E-state index in [1.54, 1.807) is 31.4 Å². The lowest BCUT2D eigenvalue weighted by Gasteiger charge is -1.96. The zero-order valence-corrected chi connectivity index (χ0v) is 10.4. The molecule has 3 N–H and O–H groups in total. The quantitative estimate of drug-likeness (QED) is 0.743. The van der Waals surface area contributed by atoms with E-state index in [0.717, 1.165) is 5.75 Å². The van der Waals surface area contributed by atoms with Gasteiger partial charge in [-0.3, -0.25) is 0 Å². The van der Waals surface area contributed by atoms with Gasteiger partial charge in [0.2, 0.25) is 0 Å². The van der Waals surface area contributed by atoms with Gasteiger partial charge in [-0.05, 0) is 36.4 Å². The van der Waals surface area contributed by atoms with Crippen molar-refractivity contribution in [2.75, 3.05) is 7.11 Å². The molecule has 0 fully saturated rings. The third kappa shape index (κ3) is 4.43. The van der Waals surface area contributed by atoms with Crippen LogP contribution >= 0.6 is 11.6 Å². The summed E-state index contributed by atoms with van der Waals surface area (Å²) >= 11 is 5.42. The number of hydrogen-bond acceptors (Lipinski definition) is 4. The zero-order valence-electron chi connectivity index (χ0n) is 9.67. The summed E-state index contributed by atoms with van der Waals surface area (Å²) in [5.74, 6) is 0.928. The minimum Gasteiger partial charge on any atom is -0.508 e. The van der Waals surface area contributed by atoms with E-state index >= 15 is 0 Å². The van der Waals surface area contributed by atoms with Crippen molar-refractivity contribution < 1.29 is 20.1 Å². The summed E-state index contributed by atoms with van der Waals surface area (Å²) in [7, 11) is 1.59. The number of phenolic OH excluding ortho intramolecular Hbond substituents is 3. The molecule has 96 valence electrons. The Kier molecular flexibility index (Phi) is 5.14. The molecule has 0 bridgehead atoms. The standard InChI is InChI=1S/C7H8O2.C6H5ClO2/c1-9-7-4-2-6(8)3-5-7;7-5-2-1-4(8)3-6(5)9/h2-5,8H,1H3;1-3,8-9H. The van der Waals surface area contributed by atoms with Crippen molar-refractivity contribution in [1.29, 1.82) is 0 Å². The lowest BCUT2D eigenvalue weighted by atomic mass is 10.3. The molecule has 0 radical (unpaired) electrons. The number of halogens is 1. The number of rotatable bonds is 1. The smallest absolute Gasteiger partial charge is 0.137 e. The lowest BCUT2D eigenvalue weighted by Crippen LogP contribution is -1.79. The molecule has 2 aromatic rings. The summed E-state index contributed by atoms with van der Waals surface area (Å²) < 4.78 is 4.86. The summed E-state index contributed by atoms with van der Waals surface area (Å²) in [6.45, 7) is 0. The van der Waals surface area contributed by atoms with E-state index in [-0.39, 0.29) is 22.3 Å². The van der Waals surface area contributed by atoms with Crippen LogP contribution in [0.15, 0.2) is 42.5 Å². The highest BCUT2D eigenvalue weighted by Crippen LogP contribution is 2.26. The second-order valence-corrected chi connectivity index (χ2v) is 3.74. The zero-order chi connectivity index (χ0) is 13.5. The van der Waals surface area contributed by atoms with Crippen molar-refractivity contribution in [3.8, 4) is 23.0 Å². The normalized spacial score (nSPS) is 9.22. The first kappa shape index (κ1) is 14.0. The molecule has 0 aliphatic heterocycles. The molecule has 2 aromatic carbocycles. The summed E-state index contributed by atoms with van der Waals surface area (Å²) in [5, 5.41) is 26.6. The molecule has 0 saturated heterocycles. The SMILES string of the molecule is COc1ccc(O)cc1.Oc1ccc(Cl)c(O)c1. The predicted molar refractivity (Wildman–Crippen MR) is 69.4 cm³/mol. The maximum absolute atomic E-state index is 8.81. The highest BCUT2D eigenvalue weighted by Gasteiger charge is 1.96. The highest BCUT2D eigenvalue weighted by atomic mass is 35.5. The first-order valence-electron chi connectivity index (χ1n) is 5.03. The fourth-order valence-electron chi connectivity index (χ4n) is 1.08. The van der Waals surface area contributed by atoms with Crippen LogP contribution in [0, 0.1) is 0 Å². The molecular weight excluding hydrogens is 256 g/mol. The van der Waals surface area contributed by atoms with E-state index in [0.29, 0.717) is 0 Å². The number of aromatic hydroxyl groups is 3. The molecule has 4 nitrogen and oxygen atoms in total. The molecule has 0 amide bonds. The van der Waals surface area contributed by atoms with Crippen LogP contribution in [0.4, 0.5) is 0 Å². The Morgan fingerprint density at radius 2 is 1.44 bits per heavy atom. The number of hydrogen-bond donors (Lipinski definition) is 3. The van der Waals surface area contributed by atoms with E-state index in [4.69, 9.17) is 31.7 Å². The van der Waals surface area contributed by atoms with Crippen LogP contribution < -0.4 is 4.74 Å². The van der Waals surface area contributed by atoms with Gasteiger partial charge in [0.05, 0.1) is 12.1 Å². The van der Waals surface area contributed by atoms with Gasteiger partial charge in [0.1, 0.15) is 23.0 Å². The van der Waals surface area contributed by atoms with Crippen molar-refractivity contribution in [3.05, 3.63) is 47.5 Å². The van der Waals surface area contributed by atoms with Gasteiger partial charge in [0, 0.05) is 6.07 Å². The summed E-state index contributed by atoms with van der Waals surface area (Å²) in [4.78, 5) is 0. The van der Waals surface area contributed by atoms with Crippen molar-refractivity contribution in [3.63, 3.8) is 0 Å². The van der Waals surface area contributed by atoms with Gasteiger partial charge in [-0.1, -0.05) is 11.6 Å². The van der Waals surface area contributed by atoms with Crippen molar-refractivity contribution >= 4 is 11.6 Å². The van der Waals surface area contributed by atoms with Gasteiger partial charge >= 0.3 is 0 Å². The van der Waals surface area contributed by atoms with E-state index < -0.39 is 0 Å². The molecule has 0 saturated carbocycles. The summed E-state index contributed by atoms with van der Waals surface area (Å²) in [6.07, 6.45) is 0. The Balaban J connectivity index is 0.000000180. The van der Waals surface area contributed by atoms with E-state index in [2.05, 4.69) is 0 Å². The largest absolute Gasteiger partial charge is 0.508 e. The highest BCUT2D eigenvalue weighted by molar-refractivity contribution is 6.32. The molecule has 0 aliphatic carbocycles. The molecule has 0 aromatic heterocycles. The van der Waals surface area contributed by atoms with Crippen molar-refractivity contribution in [2.24, 2.45) is 0 Å². The van der Waals surface area contributed by atoms with Gasteiger partial charge in [-0.2, -0.15) is 0 Å². The molecule has 5 heteroatoms. The topological polar surface area (TPSA) is 69.9 Å². The molecule has 0 aliphatic rings. The fraction of sp³-hybridized carbons (Fsp3) is 0.0769. The van der Waals surface area contributed by atoms with E-state index in [1.807, 2.05) is 0 Å². The molecule has 0 heterocycles. The average Bonchev–Trinajstić information content (AvgIpc) is 2.36. The van der Waals surface area contributed by atoms with Gasteiger partial charge in [0.25, 0.3) is 0 Å². The minimum atomic E-state index is -0.100. The van der Waals surface area contributed by atoms with Gasteiger partial charge < -0.3 is 20.1 Å². The fourth-order valence-corrected chi connectivity index (χ4v) is 1.20. The molecular formula is C13H13ClO4. The Morgan fingerprint density at radius 1 is 0.889 bits per heavy atom. The lowest BCUT2D eigenvalue weighted by molar-refractivity contribution is 0.412. The molecule has 18 heavy (non-hydrogen) atoms. The van der Waals surface area contributed by atoms with Crippen LogP contribution in [0.25, 0.3) is 0 Å². The monoisotopic (exact) mass is 268 g/mol. The van der Waals surface area contributed by atoms with Crippen LogP contribution in [0.1, 0.15) is 0 Å². The van der Waals surface area contributed by atoms with E-state index in [1.165, 1.54) is 18.2 Å². The van der Waals surface area contributed by atoms with Crippen LogP contribution in [-0.2, 0) is 0 Å². The van der Waals surface area contributed by atoms with E-state index in [9.17, 15) is 0 Å². The maximum atomic E-state index is 8.81. The Hall–Kier alpha value is -2.07. The third-order valence-corrected chi connectivity index (χ3v) is 2.32. The second kappa shape index (κ2) is 6.61. The van der Waals surface area contributed by atoms with Gasteiger partial charge in [0.15, 0.2) is 0 Å². The van der Waals surface area contributed by atoms with Crippen LogP contribution in [-0.4, -0.2) is 22.4 Å². The van der Waals surface area contributed by atoms with Crippen LogP contribution in [0.2, 0.25) is 5.02 Å². The number of methoxy groups -OCH3 is 1. The minimum absolute atomic E-state index is 0.0110. The summed E-state index contributed by atoms with van der Waals surface area (Å²) in [6, 6.07) is 10.6. The Bertz CT molecular complexity index is 497. The Labute approximate surface area is 110 Å². The van der Waals surface area contributed by atoms with Gasteiger partial charge in [-0.25, -0.2) is 0 Å². The predicted octanol–water partition coefficient (Wildman–Crippen LogP) is 3.15. The number of benzene rings is 2. The molecule has 0 unspecified atom stereocenters. The first-order chi connectivity index (χ1) is 8.52. The van der Waals surface area contributed by atoms with Crippen LogP contribution in [0.5, 0.6) is 23.0 Å². The number of phenols is 3. The summed E-state index contributed by atoms with van der Waals surface area (Å²) in [5.41, 5.74) is 0. The van der Waals surface area contributed by atoms with Crippen molar-refractivity contribution in [1.82, 2.24) is 0 Å². The first-order valence-corrected chi connectivity index (χ1v) is 5.41. The van der Waals surface area contributed by atoms with Crippen molar-refractivity contribution in [2.45, 2.75) is 0 Å². The molecule has 0 spiro atoms. The average molecular weight is 269 g/mol. The molecule has 0 atom stereocenters. The van der Waals surface area contributed by atoms with Crippen LogP contribution in [0.3, 0.4) is 0 Å². The van der Waals surface area contributed by atoms with Gasteiger partial charge in [-0.15, -0.1) is 0 Å². The Morgan fingerprint density at radius 3 is 1.89 bits per heavy atom. The second-order valence-electron chi connectivity index (χ2n) is 3.33. The third-order valence-electron chi connectivity index (χ3n) is 2.00. The molecule has 2 rings (SSSR count). The number of ether oxygens (including phenoxy) is 1. The maximum Gasteiger partial charge on any atom is 0.137 e.